The maximum Gasteiger partial charge on any atom is 0.337 e. The molecule has 0 fully saturated rings. The molecular formula is C21H16ClFN2O5S. The standard InChI is InChI=1S/C21H16ClFN2O5S/c1-30-21(27)14-3-2-4-16(11-14)24-20(26)13-5-7-15(8-6-13)25-31(28,29)17-9-10-19(23)18(22)12-17/h2-12,25H,1H3,(H,24,26). The Hall–Kier alpha value is -3.43. The highest BCUT2D eigenvalue weighted by molar-refractivity contribution is 7.92. The lowest BCUT2D eigenvalue weighted by atomic mass is 10.1. The second kappa shape index (κ2) is 9.15. The molecule has 0 radical (unpaired) electrons. The zero-order chi connectivity index (χ0) is 22.6. The summed E-state index contributed by atoms with van der Waals surface area (Å²) < 4.78 is 45.1. The minimum atomic E-state index is -4.00. The number of carbonyl (C=O) groups is 2. The normalized spacial score (nSPS) is 10.9. The molecule has 3 aromatic rings. The van der Waals surface area contributed by atoms with Crippen molar-refractivity contribution in [3.63, 3.8) is 0 Å². The Morgan fingerprint density at radius 3 is 2.29 bits per heavy atom. The van der Waals surface area contributed by atoms with Gasteiger partial charge in [-0.15, -0.1) is 0 Å². The van der Waals surface area contributed by atoms with E-state index in [9.17, 15) is 22.4 Å². The number of amides is 1. The molecule has 0 atom stereocenters. The number of rotatable bonds is 6. The Morgan fingerprint density at radius 2 is 1.65 bits per heavy atom. The van der Waals surface area contributed by atoms with E-state index >= 15 is 0 Å². The van der Waals surface area contributed by atoms with Gasteiger partial charge in [-0.2, -0.15) is 0 Å². The van der Waals surface area contributed by atoms with Gasteiger partial charge in [0.1, 0.15) is 5.82 Å². The Kier molecular flexibility index (Phi) is 6.57. The molecule has 7 nitrogen and oxygen atoms in total. The fourth-order valence-corrected chi connectivity index (χ4v) is 3.92. The fourth-order valence-electron chi connectivity index (χ4n) is 2.59. The molecule has 0 bridgehead atoms. The average Bonchev–Trinajstić information content (AvgIpc) is 2.75. The lowest BCUT2D eigenvalue weighted by Crippen LogP contribution is -2.14. The van der Waals surface area contributed by atoms with Crippen LogP contribution in [0.15, 0.2) is 71.6 Å². The SMILES string of the molecule is COC(=O)c1cccc(NC(=O)c2ccc(NS(=O)(=O)c3ccc(F)c(Cl)c3)cc2)c1. The van der Waals surface area contributed by atoms with E-state index < -0.39 is 27.7 Å². The first-order valence-electron chi connectivity index (χ1n) is 8.77. The molecule has 31 heavy (non-hydrogen) atoms. The second-order valence-electron chi connectivity index (χ2n) is 6.29. The van der Waals surface area contributed by atoms with Gasteiger partial charge in [-0.25, -0.2) is 17.6 Å². The number of benzene rings is 3. The van der Waals surface area contributed by atoms with Gasteiger partial charge in [0, 0.05) is 16.9 Å². The summed E-state index contributed by atoms with van der Waals surface area (Å²) in [5.41, 5.74) is 1.14. The van der Waals surface area contributed by atoms with Crippen LogP contribution in [0.25, 0.3) is 0 Å². The van der Waals surface area contributed by atoms with Gasteiger partial charge in [-0.1, -0.05) is 17.7 Å². The van der Waals surface area contributed by atoms with Crippen LogP contribution in [-0.4, -0.2) is 27.4 Å². The lowest BCUT2D eigenvalue weighted by Gasteiger charge is -2.10. The monoisotopic (exact) mass is 462 g/mol. The molecule has 0 heterocycles. The summed E-state index contributed by atoms with van der Waals surface area (Å²) in [5.74, 6) is -1.72. The van der Waals surface area contributed by atoms with Crippen LogP contribution in [0.2, 0.25) is 5.02 Å². The second-order valence-corrected chi connectivity index (χ2v) is 8.37. The molecule has 0 aromatic heterocycles. The van der Waals surface area contributed by atoms with Gasteiger partial charge in [0.2, 0.25) is 0 Å². The first kappa shape index (κ1) is 22.3. The molecule has 0 saturated carbocycles. The van der Waals surface area contributed by atoms with E-state index in [0.29, 0.717) is 5.69 Å². The third-order valence-electron chi connectivity index (χ3n) is 4.14. The summed E-state index contributed by atoms with van der Waals surface area (Å²) in [6.45, 7) is 0. The van der Waals surface area contributed by atoms with Gasteiger partial charge in [-0.3, -0.25) is 9.52 Å². The van der Waals surface area contributed by atoms with E-state index in [1.165, 1.54) is 37.4 Å². The largest absolute Gasteiger partial charge is 0.465 e. The molecule has 0 unspecified atom stereocenters. The highest BCUT2D eigenvalue weighted by Crippen LogP contribution is 2.22. The summed E-state index contributed by atoms with van der Waals surface area (Å²) >= 11 is 5.64. The highest BCUT2D eigenvalue weighted by Gasteiger charge is 2.16. The van der Waals surface area contributed by atoms with Crippen molar-refractivity contribution in [3.05, 3.63) is 88.7 Å². The van der Waals surface area contributed by atoms with Crippen LogP contribution in [0.3, 0.4) is 0 Å². The van der Waals surface area contributed by atoms with Crippen molar-refractivity contribution >= 4 is 44.9 Å². The van der Waals surface area contributed by atoms with Crippen molar-refractivity contribution in [1.29, 1.82) is 0 Å². The number of esters is 1. The zero-order valence-electron chi connectivity index (χ0n) is 16.1. The number of carbonyl (C=O) groups excluding carboxylic acids is 2. The smallest absolute Gasteiger partial charge is 0.337 e. The predicted octanol–water partition coefficient (Wildman–Crippen LogP) is 4.32. The summed E-state index contributed by atoms with van der Waals surface area (Å²) in [6, 6.07) is 14.9. The number of hydrogen-bond donors (Lipinski definition) is 2. The Morgan fingerprint density at radius 1 is 0.935 bits per heavy atom. The van der Waals surface area contributed by atoms with E-state index in [4.69, 9.17) is 11.6 Å². The third-order valence-corrected chi connectivity index (χ3v) is 5.81. The van der Waals surface area contributed by atoms with Crippen molar-refractivity contribution in [1.82, 2.24) is 0 Å². The number of sulfonamides is 1. The number of hydrogen-bond acceptors (Lipinski definition) is 5. The van der Waals surface area contributed by atoms with E-state index in [0.717, 1.165) is 18.2 Å². The van der Waals surface area contributed by atoms with Crippen LogP contribution in [0.4, 0.5) is 15.8 Å². The minimum Gasteiger partial charge on any atom is -0.465 e. The van der Waals surface area contributed by atoms with Crippen LogP contribution in [0.1, 0.15) is 20.7 Å². The molecule has 0 aliphatic carbocycles. The topological polar surface area (TPSA) is 102 Å². The fraction of sp³-hybridized carbons (Fsp3) is 0.0476. The molecule has 3 rings (SSSR count). The number of halogens is 2. The van der Waals surface area contributed by atoms with E-state index in [1.54, 1.807) is 18.2 Å². The van der Waals surface area contributed by atoms with Gasteiger partial charge in [0.05, 0.1) is 22.6 Å². The number of methoxy groups -OCH3 is 1. The first-order valence-corrected chi connectivity index (χ1v) is 10.6. The zero-order valence-corrected chi connectivity index (χ0v) is 17.6. The number of ether oxygens (including phenoxy) is 1. The van der Waals surface area contributed by atoms with Crippen molar-refractivity contribution in [2.45, 2.75) is 4.90 Å². The number of anilines is 2. The van der Waals surface area contributed by atoms with Gasteiger partial charge in [-0.05, 0) is 60.7 Å². The molecular weight excluding hydrogens is 447 g/mol. The van der Waals surface area contributed by atoms with Crippen LogP contribution >= 0.6 is 11.6 Å². The average molecular weight is 463 g/mol. The maximum absolute atomic E-state index is 13.3. The molecule has 2 N–H and O–H groups in total. The predicted molar refractivity (Wildman–Crippen MR) is 114 cm³/mol. The van der Waals surface area contributed by atoms with Crippen molar-refractivity contribution < 1.29 is 27.1 Å². The summed E-state index contributed by atoms with van der Waals surface area (Å²) in [7, 11) is -2.74. The molecule has 0 saturated heterocycles. The van der Waals surface area contributed by atoms with Crippen molar-refractivity contribution in [2.75, 3.05) is 17.1 Å². The van der Waals surface area contributed by atoms with Crippen LogP contribution in [0, 0.1) is 5.82 Å². The quantitative estimate of drug-likeness (QED) is 0.531. The highest BCUT2D eigenvalue weighted by atomic mass is 35.5. The van der Waals surface area contributed by atoms with Crippen LogP contribution in [0.5, 0.6) is 0 Å². The Labute approximate surface area is 182 Å². The van der Waals surface area contributed by atoms with E-state index in [1.807, 2.05) is 0 Å². The molecule has 160 valence electrons. The van der Waals surface area contributed by atoms with E-state index in [2.05, 4.69) is 14.8 Å². The number of nitrogens with one attached hydrogen (secondary N) is 2. The summed E-state index contributed by atoms with van der Waals surface area (Å²) in [5, 5.41) is 2.33. The maximum atomic E-state index is 13.3. The van der Waals surface area contributed by atoms with Gasteiger partial charge in [0.15, 0.2) is 0 Å². The van der Waals surface area contributed by atoms with Crippen LogP contribution < -0.4 is 10.0 Å². The Balaban J connectivity index is 1.71. The Bertz CT molecular complexity index is 1250. The summed E-state index contributed by atoms with van der Waals surface area (Å²) in [4.78, 5) is 23.8. The molecule has 0 aliphatic heterocycles. The lowest BCUT2D eigenvalue weighted by molar-refractivity contribution is 0.0600. The van der Waals surface area contributed by atoms with Crippen molar-refractivity contribution in [3.8, 4) is 0 Å². The first-order chi connectivity index (χ1) is 14.7. The molecule has 1 amide bonds. The van der Waals surface area contributed by atoms with Gasteiger partial charge >= 0.3 is 5.97 Å². The van der Waals surface area contributed by atoms with E-state index in [-0.39, 0.29) is 26.7 Å². The molecule has 0 aliphatic rings. The minimum absolute atomic E-state index is 0.199. The van der Waals surface area contributed by atoms with Crippen LogP contribution in [-0.2, 0) is 14.8 Å². The molecule has 10 heteroatoms. The molecule has 3 aromatic carbocycles. The van der Waals surface area contributed by atoms with Crippen molar-refractivity contribution in [2.24, 2.45) is 0 Å². The summed E-state index contributed by atoms with van der Waals surface area (Å²) in [6.07, 6.45) is 0. The molecule has 0 spiro atoms. The van der Waals surface area contributed by atoms with Gasteiger partial charge in [0.25, 0.3) is 15.9 Å². The van der Waals surface area contributed by atoms with Gasteiger partial charge < -0.3 is 10.1 Å². The third kappa shape index (κ3) is 5.39.